The molecule has 6 nitrogen and oxygen atoms in total. The standard InChI is InChI=1S/C10H15N3O3S2/c1-2-12(5-6-14)9(10(11)17)7-3-4-8(18-7)13(15)16/h3-4,9,14H,2,5-6H2,1H3,(H2,11,17). The molecule has 0 saturated heterocycles. The number of hydrogen-bond donors (Lipinski definition) is 2. The molecule has 1 atom stereocenters. The molecule has 0 bridgehead atoms. The number of aliphatic hydroxyl groups excluding tert-OH is 1. The summed E-state index contributed by atoms with van der Waals surface area (Å²) in [4.78, 5) is 13.1. The largest absolute Gasteiger partial charge is 0.395 e. The van der Waals surface area contributed by atoms with E-state index in [1.807, 2.05) is 11.8 Å². The van der Waals surface area contributed by atoms with Gasteiger partial charge < -0.3 is 10.8 Å². The topological polar surface area (TPSA) is 92.6 Å². The summed E-state index contributed by atoms with van der Waals surface area (Å²) in [6.45, 7) is 2.97. The van der Waals surface area contributed by atoms with E-state index in [1.165, 1.54) is 6.07 Å². The minimum Gasteiger partial charge on any atom is -0.395 e. The number of hydrogen-bond acceptors (Lipinski definition) is 6. The van der Waals surface area contributed by atoms with Crippen molar-refractivity contribution in [2.75, 3.05) is 19.7 Å². The number of aliphatic hydroxyl groups is 1. The SMILES string of the molecule is CCN(CCO)C(C(N)=S)c1ccc([N+](=O)[O-])s1. The average Bonchev–Trinajstić information content (AvgIpc) is 2.77. The molecule has 1 rings (SSSR count). The number of rotatable bonds is 7. The lowest BCUT2D eigenvalue weighted by Gasteiger charge is -2.28. The number of thiocarbonyl (C=S) groups is 1. The average molecular weight is 289 g/mol. The van der Waals surface area contributed by atoms with E-state index in [2.05, 4.69) is 0 Å². The fourth-order valence-electron chi connectivity index (χ4n) is 1.69. The van der Waals surface area contributed by atoms with Gasteiger partial charge in [0.2, 0.25) is 0 Å². The summed E-state index contributed by atoms with van der Waals surface area (Å²) in [6, 6.07) is 2.74. The van der Waals surface area contributed by atoms with Gasteiger partial charge in [0.05, 0.1) is 22.6 Å². The minimum absolute atomic E-state index is 0.0135. The Hall–Kier alpha value is -1.09. The Labute approximate surface area is 114 Å². The predicted octanol–water partition coefficient (Wildman–Crippen LogP) is 1.30. The van der Waals surface area contributed by atoms with Crippen LogP contribution < -0.4 is 5.73 Å². The molecule has 0 amide bonds. The van der Waals surface area contributed by atoms with Gasteiger partial charge in [-0.05, 0) is 12.6 Å². The van der Waals surface area contributed by atoms with Crippen LogP contribution in [0, 0.1) is 10.1 Å². The summed E-state index contributed by atoms with van der Waals surface area (Å²) in [5.74, 6) is 0. The second kappa shape index (κ2) is 6.74. The van der Waals surface area contributed by atoms with Gasteiger partial charge in [0.15, 0.2) is 0 Å². The first-order valence-corrected chi connectivity index (χ1v) is 6.62. The summed E-state index contributed by atoms with van der Waals surface area (Å²) in [7, 11) is 0. The summed E-state index contributed by atoms with van der Waals surface area (Å²) in [6.07, 6.45) is 0. The Morgan fingerprint density at radius 2 is 2.39 bits per heavy atom. The van der Waals surface area contributed by atoms with E-state index >= 15 is 0 Å². The molecular formula is C10H15N3O3S2. The Bertz CT molecular complexity index is 436. The molecule has 100 valence electrons. The van der Waals surface area contributed by atoms with Crippen LogP contribution in [0.3, 0.4) is 0 Å². The van der Waals surface area contributed by atoms with Crippen molar-refractivity contribution in [3.05, 3.63) is 27.1 Å². The zero-order chi connectivity index (χ0) is 13.7. The number of nitrogens with zero attached hydrogens (tertiary/aromatic N) is 2. The van der Waals surface area contributed by atoms with Crippen LogP contribution in [0.5, 0.6) is 0 Å². The molecule has 0 saturated carbocycles. The number of nitro groups is 1. The summed E-state index contributed by atoms with van der Waals surface area (Å²) in [5, 5.41) is 19.7. The van der Waals surface area contributed by atoms with E-state index in [4.69, 9.17) is 23.1 Å². The van der Waals surface area contributed by atoms with Gasteiger partial charge in [0.25, 0.3) is 0 Å². The van der Waals surface area contributed by atoms with E-state index in [0.29, 0.717) is 13.1 Å². The third-order valence-corrected chi connectivity index (χ3v) is 3.80. The van der Waals surface area contributed by atoms with Crippen molar-refractivity contribution in [1.29, 1.82) is 0 Å². The Kier molecular flexibility index (Phi) is 5.60. The van der Waals surface area contributed by atoms with E-state index in [0.717, 1.165) is 16.2 Å². The third-order valence-electron chi connectivity index (χ3n) is 2.49. The van der Waals surface area contributed by atoms with Crippen molar-refractivity contribution in [3.8, 4) is 0 Å². The molecule has 0 fully saturated rings. The van der Waals surface area contributed by atoms with Gasteiger partial charge in [0, 0.05) is 17.5 Å². The van der Waals surface area contributed by atoms with Crippen LogP contribution in [0.2, 0.25) is 0 Å². The minimum atomic E-state index is -0.437. The first-order valence-electron chi connectivity index (χ1n) is 5.39. The highest BCUT2D eigenvalue weighted by molar-refractivity contribution is 7.80. The highest BCUT2D eigenvalue weighted by Crippen LogP contribution is 2.32. The van der Waals surface area contributed by atoms with Crippen molar-refractivity contribution in [3.63, 3.8) is 0 Å². The highest BCUT2D eigenvalue weighted by Gasteiger charge is 2.25. The normalized spacial score (nSPS) is 12.6. The van der Waals surface area contributed by atoms with Crippen molar-refractivity contribution in [1.82, 2.24) is 4.90 Å². The van der Waals surface area contributed by atoms with E-state index in [9.17, 15) is 10.1 Å². The van der Waals surface area contributed by atoms with Crippen molar-refractivity contribution >= 4 is 33.5 Å². The fraction of sp³-hybridized carbons (Fsp3) is 0.500. The van der Waals surface area contributed by atoms with Gasteiger partial charge in [-0.1, -0.05) is 30.5 Å². The molecule has 1 aromatic heterocycles. The maximum atomic E-state index is 10.7. The molecule has 8 heteroatoms. The lowest BCUT2D eigenvalue weighted by molar-refractivity contribution is -0.380. The van der Waals surface area contributed by atoms with Crippen LogP contribution in [0.15, 0.2) is 12.1 Å². The van der Waals surface area contributed by atoms with Crippen LogP contribution in [0.25, 0.3) is 0 Å². The zero-order valence-electron chi connectivity index (χ0n) is 9.91. The van der Waals surface area contributed by atoms with Gasteiger partial charge in [-0.3, -0.25) is 15.0 Å². The van der Waals surface area contributed by atoms with E-state index in [1.54, 1.807) is 6.07 Å². The first kappa shape index (κ1) is 15.0. The summed E-state index contributed by atoms with van der Waals surface area (Å²) in [5.41, 5.74) is 5.71. The predicted molar refractivity (Wildman–Crippen MR) is 74.8 cm³/mol. The monoisotopic (exact) mass is 289 g/mol. The van der Waals surface area contributed by atoms with Crippen molar-refractivity contribution in [2.24, 2.45) is 5.73 Å². The van der Waals surface area contributed by atoms with Crippen LogP contribution >= 0.6 is 23.6 Å². The van der Waals surface area contributed by atoms with E-state index in [-0.39, 0.29) is 22.6 Å². The second-order valence-electron chi connectivity index (χ2n) is 3.59. The molecule has 0 aromatic carbocycles. The van der Waals surface area contributed by atoms with Gasteiger partial charge in [0.1, 0.15) is 0 Å². The zero-order valence-corrected chi connectivity index (χ0v) is 11.5. The molecule has 0 radical (unpaired) electrons. The molecule has 0 aliphatic heterocycles. The molecule has 0 aliphatic carbocycles. The smallest absolute Gasteiger partial charge is 0.324 e. The lowest BCUT2D eigenvalue weighted by Crippen LogP contribution is -2.38. The van der Waals surface area contributed by atoms with Crippen molar-refractivity contribution < 1.29 is 10.0 Å². The van der Waals surface area contributed by atoms with Crippen LogP contribution in [0.1, 0.15) is 17.8 Å². The third kappa shape index (κ3) is 3.45. The Morgan fingerprint density at radius 3 is 2.78 bits per heavy atom. The van der Waals surface area contributed by atoms with Gasteiger partial charge >= 0.3 is 5.00 Å². The van der Waals surface area contributed by atoms with Gasteiger partial charge in [-0.2, -0.15) is 0 Å². The van der Waals surface area contributed by atoms with E-state index < -0.39 is 4.92 Å². The molecule has 1 heterocycles. The molecule has 1 unspecified atom stereocenters. The quantitative estimate of drug-likeness (QED) is 0.446. The molecule has 3 N–H and O–H groups in total. The number of likely N-dealkylation sites (N-methyl/N-ethyl adjacent to an activating group) is 1. The number of nitrogens with two attached hydrogens (primary N) is 1. The summed E-state index contributed by atoms with van der Waals surface area (Å²) < 4.78 is 0. The molecule has 0 spiro atoms. The lowest BCUT2D eigenvalue weighted by atomic mass is 10.2. The highest BCUT2D eigenvalue weighted by atomic mass is 32.1. The summed E-state index contributed by atoms with van der Waals surface area (Å²) >= 11 is 6.08. The van der Waals surface area contributed by atoms with Gasteiger partial charge in [-0.15, -0.1) is 0 Å². The van der Waals surface area contributed by atoms with Crippen LogP contribution in [-0.4, -0.2) is 39.6 Å². The van der Waals surface area contributed by atoms with Crippen LogP contribution in [0.4, 0.5) is 5.00 Å². The van der Waals surface area contributed by atoms with Crippen molar-refractivity contribution in [2.45, 2.75) is 13.0 Å². The molecule has 0 aliphatic rings. The first-order chi connectivity index (χ1) is 8.51. The fourth-order valence-corrected chi connectivity index (χ4v) is 3.01. The molecular weight excluding hydrogens is 274 g/mol. The number of thiophene rings is 1. The maximum Gasteiger partial charge on any atom is 0.324 e. The molecule has 1 aromatic rings. The molecule has 18 heavy (non-hydrogen) atoms. The van der Waals surface area contributed by atoms with Crippen LogP contribution in [-0.2, 0) is 0 Å². The second-order valence-corrected chi connectivity index (χ2v) is 5.16. The Morgan fingerprint density at radius 1 is 1.72 bits per heavy atom. The van der Waals surface area contributed by atoms with Gasteiger partial charge in [-0.25, -0.2) is 0 Å². The maximum absolute atomic E-state index is 10.7. The Balaban J connectivity index is 3.02.